The molecule has 1 aromatic carbocycles. The summed E-state index contributed by atoms with van der Waals surface area (Å²) in [6, 6.07) is 7.46. The van der Waals surface area contributed by atoms with Crippen molar-refractivity contribution < 1.29 is 9.32 Å². The Bertz CT molecular complexity index is 266. The summed E-state index contributed by atoms with van der Waals surface area (Å²) in [7, 11) is -0.904. The Morgan fingerprint density at radius 1 is 1.33 bits per heavy atom. The van der Waals surface area contributed by atoms with Crippen LogP contribution in [0.5, 0.6) is 0 Å². The second-order valence-corrected chi connectivity index (χ2v) is 3.95. The number of aliphatic hydroxyl groups is 1. The van der Waals surface area contributed by atoms with Gasteiger partial charge in [0.2, 0.25) is 0 Å². The van der Waals surface area contributed by atoms with E-state index in [0.717, 1.165) is 10.5 Å². The zero-order valence-corrected chi connectivity index (χ0v) is 7.80. The summed E-state index contributed by atoms with van der Waals surface area (Å²) >= 11 is 0. The van der Waals surface area contributed by atoms with Gasteiger partial charge in [-0.2, -0.15) is 0 Å². The van der Waals surface area contributed by atoms with Gasteiger partial charge in [-0.15, -0.1) is 0 Å². The fraction of sp³-hybridized carbons (Fsp3) is 0.333. The average molecular weight is 184 g/mol. The minimum Gasteiger partial charge on any atom is -0.396 e. The van der Waals surface area contributed by atoms with Crippen LogP contribution in [0.1, 0.15) is 5.56 Å². The molecule has 0 heterocycles. The van der Waals surface area contributed by atoms with Crippen molar-refractivity contribution in [1.82, 2.24) is 0 Å². The van der Waals surface area contributed by atoms with Crippen molar-refractivity contribution >= 4 is 10.8 Å². The maximum absolute atomic E-state index is 11.0. The lowest BCUT2D eigenvalue weighted by molar-refractivity contribution is 0.299. The van der Waals surface area contributed by atoms with Gasteiger partial charge in [-0.3, -0.25) is 4.21 Å². The van der Waals surface area contributed by atoms with E-state index in [9.17, 15) is 4.21 Å². The fourth-order valence-electron chi connectivity index (χ4n) is 0.977. The quantitative estimate of drug-likeness (QED) is 0.759. The first-order chi connectivity index (χ1) is 5.74. The van der Waals surface area contributed by atoms with E-state index < -0.39 is 10.8 Å². The van der Waals surface area contributed by atoms with Crippen LogP contribution in [0.4, 0.5) is 0 Å². The second-order valence-electron chi connectivity index (χ2n) is 2.57. The van der Waals surface area contributed by atoms with Crippen LogP contribution in [0.3, 0.4) is 0 Å². The van der Waals surface area contributed by atoms with E-state index >= 15 is 0 Å². The molecule has 1 rings (SSSR count). The molecule has 3 heteroatoms. The van der Waals surface area contributed by atoms with Crippen molar-refractivity contribution in [3.05, 3.63) is 29.8 Å². The molecule has 0 aromatic heterocycles. The largest absolute Gasteiger partial charge is 0.396 e. The molecule has 0 fully saturated rings. The molecule has 0 amide bonds. The summed E-state index contributed by atoms with van der Waals surface area (Å²) in [6.07, 6.45) is 2.32. The van der Waals surface area contributed by atoms with Gasteiger partial charge < -0.3 is 5.11 Å². The van der Waals surface area contributed by atoms with E-state index in [1.807, 2.05) is 24.3 Å². The minimum absolute atomic E-state index is 0.161. The summed E-state index contributed by atoms with van der Waals surface area (Å²) < 4.78 is 11.0. The molecule has 2 nitrogen and oxygen atoms in total. The van der Waals surface area contributed by atoms with Gasteiger partial charge in [0.1, 0.15) is 0 Å². The Labute approximate surface area is 74.7 Å². The lowest BCUT2D eigenvalue weighted by Crippen LogP contribution is -1.92. The number of aliphatic hydroxyl groups excluding tert-OH is 1. The van der Waals surface area contributed by atoms with Gasteiger partial charge in [0, 0.05) is 28.6 Å². The topological polar surface area (TPSA) is 37.3 Å². The highest BCUT2D eigenvalue weighted by Gasteiger charge is 1.96. The van der Waals surface area contributed by atoms with Gasteiger partial charge in [-0.05, 0) is 24.1 Å². The van der Waals surface area contributed by atoms with E-state index in [1.165, 1.54) is 0 Å². The van der Waals surface area contributed by atoms with E-state index in [1.54, 1.807) is 6.26 Å². The van der Waals surface area contributed by atoms with Crippen LogP contribution >= 0.6 is 0 Å². The van der Waals surface area contributed by atoms with Crippen LogP contribution in [0, 0.1) is 0 Å². The molecular formula is C9H12O2S. The normalized spacial score (nSPS) is 12.8. The molecule has 1 aromatic rings. The first-order valence-electron chi connectivity index (χ1n) is 3.77. The minimum atomic E-state index is -0.904. The summed E-state index contributed by atoms with van der Waals surface area (Å²) in [5.74, 6) is 0. The molecule has 0 saturated carbocycles. The Hall–Kier alpha value is -0.670. The molecule has 1 N–H and O–H groups in total. The summed E-state index contributed by atoms with van der Waals surface area (Å²) in [5.41, 5.74) is 1.08. The molecule has 0 saturated heterocycles. The van der Waals surface area contributed by atoms with Crippen molar-refractivity contribution in [2.75, 3.05) is 12.9 Å². The van der Waals surface area contributed by atoms with Crippen molar-refractivity contribution in [2.24, 2.45) is 0 Å². The molecule has 0 aliphatic heterocycles. The summed E-state index contributed by atoms with van der Waals surface area (Å²) in [4.78, 5) is 0.830. The van der Waals surface area contributed by atoms with E-state index in [4.69, 9.17) is 5.11 Å². The first-order valence-corrected chi connectivity index (χ1v) is 5.33. The van der Waals surface area contributed by atoms with Gasteiger partial charge in [0.25, 0.3) is 0 Å². The Balaban J connectivity index is 2.78. The number of rotatable bonds is 3. The first kappa shape index (κ1) is 9.42. The molecule has 0 aliphatic rings. The van der Waals surface area contributed by atoms with Crippen LogP contribution in [-0.4, -0.2) is 22.2 Å². The van der Waals surface area contributed by atoms with Crippen LogP contribution < -0.4 is 0 Å². The molecule has 0 unspecified atom stereocenters. The van der Waals surface area contributed by atoms with E-state index in [-0.39, 0.29) is 6.61 Å². The maximum atomic E-state index is 11.0. The molecule has 0 spiro atoms. The average Bonchev–Trinajstić information content (AvgIpc) is 2.06. The zero-order chi connectivity index (χ0) is 8.97. The lowest BCUT2D eigenvalue weighted by atomic mass is 10.2. The van der Waals surface area contributed by atoms with Crippen LogP contribution in [0.2, 0.25) is 0 Å². The van der Waals surface area contributed by atoms with Crippen LogP contribution in [0.25, 0.3) is 0 Å². The Morgan fingerprint density at radius 2 is 1.92 bits per heavy atom. The van der Waals surface area contributed by atoms with Gasteiger partial charge in [0.05, 0.1) is 0 Å². The smallest absolute Gasteiger partial charge is 0.0498 e. The molecule has 66 valence electrons. The molecule has 0 aliphatic carbocycles. The van der Waals surface area contributed by atoms with E-state index in [2.05, 4.69) is 0 Å². The molecule has 12 heavy (non-hydrogen) atoms. The predicted molar refractivity (Wildman–Crippen MR) is 49.6 cm³/mol. The molecule has 0 bridgehead atoms. The summed E-state index contributed by atoms with van der Waals surface area (Å²) in [6.45, 7) is 0.161. The highest BCUT2D eigenvalue weighted by Crippen LogP contribution is 2.07. The van der Waals surface area contributed by atoms with Crippen LogP contribution in [-0.2, 0) is 17.2 Å². The molecule has 0 radical (unpaired) electrons. The highest BCUT2D eigenvalue weighted by molar-refractivity contribution is 7.84. The third kappa shape index (κ3) is 2.43. The van der Waals surface area contributed by atoms with Crippen LogP contribution in [0.15, 0.2) is 29.2 Å². The lowest BCUT2D eigenvalue weighted by Gasteiger charge is -1.99. The zero-order valence-electron chi connectivity index (χ0n) is 6.99. The third-order valence-electron chi connectivity index (χ3n) is 1.66. The number of hydrogen-bond acceptors (Lipinski definition) is 2. The predicted octanol–water partition coefficient (Wildman–Crippen LogP) is 0.959. The summed E-state index contributed by atoms with van der Waals surface area (Å²) in [5, 5.41) is 8.64. The van der Waals surface area contributed by atoms with Gasteiger partial charge in [-0.25, -0.2) is 0 Å². The Kier molecular flexibility index (Phi) is 3.44. The van der Waals surface area contributed by atoms with Gasteiger partial charge in [0.15, 0.2) is 0 Å². The standard InChI is InChI=1S/C9H12O2S/c1-12(11)9-4-2-8(3-5-9)6-7-10/h2-5,10H,6-7H2,1H3/t12-/m0/s1. The van der Waals surface area contributed by atoms with Crippen molar-refractivity contribution in [3.63, 3.8) is 0 Å². The molecular weight excluding hydrogens is 172 g/mol. The fourth-order valence-corrected chi connectivity index (χ4v) is 1.50. The monoisotopic (exact) mass is 184 g/mol. The number of benzene rings is 1. The number of hydrogen-bond donors (Lipinski definition) is 1. The van der Waals surface area contributed by atoms with Gasteiger partial charge >= 0.3 is 0 Å². The third-order valence-corrected chi connectivity index (χ3v) is 2.59. The van der Waals surface area contributed by atoms with Crippen molar-refractivity contribution in [2.45, 2.75) is 11.3 Å². The van der Waals surface area contributed by atoms with Crippen molar-refractivity contribution in [3.8, 4) is 0 Å². The molecule has 1 atom stereocenters. The van der Waals surface area contributed by atoms with Gasteiger partial charge in [-0.1, -0.05) is 12.1 Å². The Morgan fingerprint density at radius 3 is 2.33 bits per heavy atom. The maximum Gasteiger partial charge on any atom is 0.0498 e. The second kappa shape index (κ2) is 4.38. The highest BCUT2D eigenvalue weighted by atomic mass is 32.2. The van der Waals surface area contributed by atoms with E-state index in [0.29, 0.717) is 6.42 Å². The SMILES string of the molecule is C[S@](=O)c1ccc(CCO)cc1. The van der Waals surface area contributed by atoms with Crippen molar-refractivity contribution in [1.29, 1.82) is 0 Å².